The lowest BCUT2D eigenvalue weighted by atomic mass is 10.2. The average molecular weight is 229 g/mol. The second-order valence-electron chi connectivity index (χ2n) is 2.98. The van der Waals surface area contributed by atoms with Crippen LogP contribution in [0.5, 0.6) is 0 Å². The van der Waals surface area contributed by atoms with E-state index in [1.54, 1.807) is 18.4 Å². The zero-order chi connectivity index (χ0) is 11.4. The molecule has 1 aromatic rings. The molecule has 1 aromatic heterocycles. The number of aliphatic carboxylic acids is 1. The summed E-state index contributed by atoms with van der Waals surface area (Å²) < 4.78 is 0. The summed E-state index contributed by atoms with van der Waals surface area (Å²) in [6.45, 7) is 1.14. The smallest absolute Gasteiger partial charge is 0.328 e. The van der Waals surface area contributed by atoms with Crippen LogP contribution in [0.3, 0.4) is 0 Å². The van der Waals surface area contributed by atoms with E-state index in [0.717, 1.165) is 5.56 Å². The van der Waals surface area contributed by atoms with Gasteiger partial charge in [0.15, 0.2) is 6.04 Å². The van der Waals surface area contributed by atoms with Crippen LogP contribution in [-0.2, 0) is 4.79 Å². The monoisotopic (exact) mass is 229 g/mol. The van der Waals surface area contributed by atoms with Crippen LogP contribution in [0, 0.1) is 6.92 Å². The lowest BCUT2D eigenvalue weighted by molar-refractivity contribution is -0.140. The van der Waals surface area contributed by atoms with Crippen LogP contribution in [0.1, 0.15) is 15.2 Å². The summed E-state index contributed by atoms with van der Waals surface area (Å²) in [5, 5.41) is 21.3. The Hall–Kier alpha value is -1.40. The number of carbonyl (C=O) groups excluding carboxylic acids is 1. The Morgan fingerprint density at radius 1 is 1.60 bits per heavy atom. The summed E-state index contributed by atoms with van der Waals surface area (Å²) in [4.78, 5) is 22.5. The number of carboxylic acids is 1. The lowest BCUT2D eigenvalue weighted by Crippen LogP contribution is -2.43. The summed E-state index contributed by atoms with van der Waals surface area (Å²) in [5.74, 6) is -1.72. The van der Waals surface area contributed by atoms with Gasteiger partial charge in [-0.1, -0.05) is 0 Å². The second kappa shape index (κ2) is 4.90. The van der Waals surface area contributed by atoms with Crippen molar-refractivity contribution >= 4 is 23.2 Å². The molecule has 0 aliphatic heterocycles. The molecule has 6 heteroatoms. The number of rotatable bonds is 4. The van der Waals surface area contributed by atoms with Crippen molar-refractivity contribution in [3.8, 4) is 0 Å². The maximum absolute atomic E-state index is 11.5. The Morgan fingerprint density at radius 3 is 2.67 bits per heavy atom. The molecule has 0 aliphatic rings. The van der Waals surface area contributed by atoms with E-state index in [9.17, 15) is 9.59 Å². The molecule has 0 aromatic carbocycles. The zero-order valence-electron chi connectivity index (χ0n) is 8.06. The molecule has 0 unspecified atom stereocenters. The largest absolute Gasteiger partial charge is 0.480 e. The molecule has 1 amide bonds. The van der Waals surface area contributed by atoms with Gasteiger partial charge in [-0.25, -0.2) is 4.79 Å². The predicted octanol–water partition coefficient (Wildman–Crippen LogP) is 0.232. The van der Waals surface area contributed by atoms with Crippen molar-refractivity contribution in [3.63, 3.8) is 0 Å². The zero-order valence-corrected chi connectivity index (χ0v) is 8.87. The van der Waals surface area contributed by atoms with Crippen molar-refractivity contribution in [1.82, 2.24) is 5.32 Å². The van der Waals surface area contributed by atoms with Crippen molar-refractivity contribution in [3.05, 3.63) is 21.9 Å². The van der Waals surface area contributed by atoms with E-state index in [-0.39, 0.29) is 0 Å². The van der Waals surface area contributed by atoms with Gasteiger partial charge in [0.2, 0.25) is 0 Å². The molecule has 0 saturated heterocycles. The molecular formula is C9H11NO4S. The minimum atomic E-state index is -1.25. The number of amides is 1. The van der Waals surface area contributed by atoms with Crippen molar-refractivity contribution in [1.29, 1.82) is 0 Å². The summed E-state index contributed by atoms with van der Waals surface area (Å²) in [6.07, 6.45) is 0. The van der Waals surface area contributed by atoms with E-state index in [4.69, 9.17) is 10.2 Å². The third-order valence-corrected chi connectivity index (χ3v) is 2.87. The summed E-state index contributed by atoms with van der Waals surface area (Å²) in [7, 11) is 0. The van der Waals surface area contributed by atoms with Crippen LogP contribution in [-0.4, -0.2) is 34.7 Å². The average Bonchev–Trinajstić information content (AvgIpc) is 2.60. The summed E-state index contributed by atoms with van der Waals surface area (Å²) >= 11 is 1.24. The first-order chi connectivity index (χ1) is 7.06. The molecule has 0 spiro atoms. The van der Waals surface area contributed by atoms with Gasteiger partial charge in [0.25, 0.3) is 5.91 Å². The molecule has 0 bridgehead atoms. The quantitative estimate of drug-likeness (QED) is 0.690. The van der Waals surface area contributed by atoms with E-state index < -0.39 is 24.5 Å². The van der Waals surface area contributed by atoms with E-state index in [2.05, 4.69) is 5.32 Å². The van der Waals surface area contributed by atoms with Crippen molar-refractivity contribution in [2.75, 3.05) is 6.61 Å². The van der Waals surface area contributed by atoms with Crippen LogP contribution in [0.25, 0.3) is 0 Å². The van der Waals surface area contributed by atoms with E-state index >= 15 is 0 Å². The summed E-state index contributed by atoms with van der Waals surface area (Å²) in [6, 6.07) is 0.521. The highest BCUT2D eigenvalue weighted by molar-refractivity contribution is 7.12. The van der Waals surface area contributed by atoms with E-state index in [1.807, 2.05) is 0 Å². The first-order valence-corrected chi connectivity index (χ1v) is 5.13. The molecule has 15 heavy (non-hydrogen) atoms. The van der Waals surface area contributed by atoms with Gasteiger partial charge in [-0.05, 0) is 23.9 Å². The van der Waals surface area contributed by atoms with Gasteiger partial charge in [0.1, 0.15) is 0 Å². The van der Waals surface area contributed by atoms with Gasteiger partial charge in [0.05, 0.1) is 11.5 Å². The van der Waals surface area contributed by atoms with E-state index in [1.165, 1.54) is 11.3 Å². The van der Waals surface area contributed by atoms with Gasteiger partial charge in [-0.2, -0.15) is 0 Å². The molecule has 0 aliphatic carbocycles. The minimum Gasteiger partial charge on any atom is -0.480 e. The standard InChI is InChI=1S/C9H11NO4S/c1-5-2-3-15-7(5)8(12)10-6(4-11)9(13)14/h2-3,6,11H,4H2,1H3,(H,10,12)(H,13,14)/t6-/m0/s1. The Morgan fingerprint density at radius 2 is 2.27 bits per heavy atom. The fraction of sp³-hybridized carbons (Fsp3) is 0.333. The van der Waals surface area contributed by atoms with Gasteiger partial charge >= 0.3 is 5.97 Å². The Labute approximate surface area is 90.4 Å². The molecule has 0 fully saturated rings. The first-order valence-electron chi connectivity index (χ1n) is 4.25. The number of carboxylic acid groups (broad SMARTS) is 1. The SMILES string of the molecule is Cc1ccsc1C(=O)N[C@@H](CO)C(=O)O. The topological polar surface area (TPSA) is 86.6 Å². The highest BCUT2D eigenvalue weighted by Gasteiger charge is 2.20. The number of hydrogen-bond donors (Lipinski definition) is 3. The number of thiophene rings is 1. The number of hydrogen-bond acceptors (Lipinski definition) is 4. The Balaban J connectivity index is 2.71. The van der Waals surface area contributed by atoms with Gasteiger partial charge < -0.3 is 15.5 Å². The maximum Gasteiger partial charge on any atom is 0.328 e. The fourth-order valence-electron chi connectivity index (χ4n) is 1.01. The van der Waals surface area contributed by atoms with Crippen LogP contribution < -0.4 is 5.32 Å². The van der Waals surface area contributed by atoms with E-state index in [0.29, 0.717) is 4.88 Å². The molecular weight excluding hydrogens is 218 g/mol. The summed E-state index contributed by atoms with van der Waals surface area (Å²) in [5.41, 5.74) is 0.791. The Bertz CT molecular complexity index is 374. The molecule has 0 radical (unpaired) electrons. The van der Waals surface area contributed by atoms with Crippen molar-refractivity contribution < 1.29 is 19.8 Å². The third-order valence-electron chi connectivity index (χ3n) is 1.85. The highest BCUT2D eigenvalue weighted by atomic mass is 32.1. The second-order valence-corrected chi connectivity index (χ2v) is 3.90. The predicted molar refractivity (Wildman–Crippen MR) is 55.0 cm³/mol. The number of aliphatic hydroxyl groups is 1. The normalized spacial score (nSPS) is 12.1. The number of aliphatic hydroxyl groups excluding tert-OH is 1. The first kappa shape index (κ1) is 11.7. The van der Waals surface area contributed by atoms with Crippen LogP contribution >= 0.6 is 11.3 Å². The highest BCUT2D eigenvalue weighted by Crippen LogP contribution is 2.15. The van der Waals surface area contributed by atoms with Crippen molar-refractivity contribution in [2.24, 2.45) is 0 Å². The fourth-order valence-corrected chi connectivity index (χ4v) is 1.84. The molecule has 5 nitrogen and oxygen atoms in total. The minimum absolute atomic E-state index is 0.467. The molecule has 1 rings (SSSR count). The number of nitrogens with one attached hydrogen (secondary N) is 1. The Kier molecular flexibility index (Phi) is 3.81. The van der Waals surface area contributed by atoms with Crippen LogP contribution in [0.4, 0.5) is 0 Å². The molecule has 1 heterocycles. The van der Waals surface area contributed by atoms with Crippen LogP contribution in [0.2, 0.25) is 0 Å². The van der Waals surface area contributed by atoms with Gasteiger partial charge in [-0.3, -0.25) is 4.79 Å². The van der Waals surface area contributed by atoms with Gasteiger partial charge in [-0.15, -0.1) is 11.3 Å². The molecule has 3 N–H and O–H groups in total. The molecule has 0 saturated carbocycles. The number of carbonyl (C=O) groups is 2. The third kappa shape index (κ3) is 2.77. The molecule has 1 atom stereocenters. The van der Waals surface area contributed by atoms with Crippen molar-refractivity contribution in [2.45, 2.75) is 13.0 Å². The lowest BCUT2D eigenvalue weighted by Gasteiger charge is -2.10. The number of aryl methyl sites for hydroxylation is 1. The van der Waals surface area contributed by atoms with Crippen LogP contribution in [0.15, 0.2) is 11.4 Å². The maximum atomic E-state index is 11.5. The molecule has 82 valence electrons. The van der Waals surface area contributed by atoms with Gasteiger partial charge in [0, 0.05) is 0 Å².